The third-order valence-electron chi connectivity index (χ3n) is 5.26. The molecule has 156 valence electrons. The number of likely N-dealkylation sites (tertiary alicyclic amines) is 1. The molecule has 1 aliphatic rings. The van der Waals surface area contributed by atoms with Crippen LogP contribution in [-0.2, 0) is 11.3 Å². The minimum Gasteiger partial charge on any atom is -0.490 e. The monoisotopic (exact) mass is 409 g/mol. The largest absolute Gasteiger partial charge is 0.490 e. The molecule has 1 fully saturated rings. The van der Waals surface area contributed by atoms with E-state index in [1.807, 2.05) is 6.07 Å². The molecule has 2 aromatic heterocycles. The van der Waals surface area contributed by atoms with E-state index in [2.05, 4.69) is 4.98 Å². The van der Waals surface area contributed by atoms with Crippen molar-refractivity contribution in [3.8, 4) is 5.75 Å². The molecule has 0 atom stereocenters. The predicted molar refractivity (Wildman–Crippen MR) is 111 cm³/mol. The molecule has 0 spiro atoms. The molecule has 1 saturated heterocycles. The van der Waals surface area contributed by atoms with E-state index in [0.717, 1.165) is 0 Å². The molecule has 3 heterocycles. The van der Waals surface area contributed by atoms with Gasteiger partial charge in [-0.2, -0.15) is 0 Å². The molecular weight excluding hydrogens is 386 g/mol. The fraction of sp³-hybridized carbons (Fsp3) is 0.364. The zero-order valence-electron chi connectivity index (χ0n) is 16.7. The van der Waals surface area contributed by atoms with E-state index in [0.29, 0.717) is 54.9 Å². The van der Waals surface area contributed by atoms with Crippen LogP contribution in [0.1, 0.15) is 25.0 Å². The number of fused-ring (bicyclic) bond motifs is 1. The second-order valence-electron chi connectivity index (χ2n) is 7.43. The highest BCUT2D eigenvalue weighted by atomic mass is 16.5. The summed E-state index contributed by atoms with van der Waals surface area (Å²) < 4.78 is 12.3. The first-order valence-electron chi connectivity index (χ1n) is 10.00. The van der Waals surface area contributed by atoms with E-state index < -0.39 is 5.63 Å². The number of rotatable bonds is 5. The fourth-order valence-corrected chi connectivity index (χ4v) is 3.70. The third kappa shape index (κ3) is 4.42. The maximum absolute atomic E-state index is 12.6. The molecule has 30 heavy (non-hydrogen) atoms. The SMILES string of the molecule is Cc1cc(OC2CCN(C(=O)CCn3cnc4ccccc4c3=O)CC2)cc(=O)o1. The van der Waals surface area contributed by atoms with Crippen molar-refractivity contribution in [1.29, 1.82) is 0 Å². The van der Waals surface area contributed by atoms with Crippen LogP contribution in [0.5, 0.6) is 5.75 Å². The second-order valence-corrected chi connectivity index (χ2v) is 7.43. The number of hydrogen-bond donors (Lipinski definition) is 0. The van der Waals surface area contributed by atoms with E-state index in [1.54, 1.807) is 36.1 Å². The minimum absolute atomic E-state index is 0.00436. The highest BCUT2D eigenvalue weighted by Gasteiger charge is 2.24. The molecule has 8 nitrogen and oxygen atoms in total. The molecular formula is C22H23N3O5. The van der Waals surface area contributed by atoms with Gasteiger partial charge in [0.05, 0.1) is 23.3 Å². The van der Waals surface area contributed by atoms with Crippen LogP contribution in [0, 0.1) is 6.92 Å². The van der Waals surface area contributed by atoms with Crippen LogP contribution < -0.4 is 15.9 Å². The normalized spacial score (nSPS) is 14.8. The molecule has 0 saturated carbocycles. The Kier molecular flexibility index (Phi) is 5.65. The van der Waals surface area contributed by atoms with Crippen LogP contribution >= 0.6 is 0 Å². The van der Waals surface area contributed by atoms with Crippen LogP contribution in [-0.4, -0.2) is 39.6 Å². The lowest BCUT2D eigenvalue weighted by atomic mass is 10.1. The number of carbonyl (C=O) groups excluding carboxylic acids is 1. The van der Waals surface area contributed by atoms with Crippen LogP contribution in [0.3, 0.4) is 0 Å². The molecule has 0 bridgehead atoms. The van der Waals surface area contributed by atoms with Gasteiger partial charge in [0.2, 0.25) is 5.91 Å². The van der Waals surface area contributed by atoms with Crippen molar-refractivity contribution in [2.24, 2.45) is 0 Å². The number of carbonyl (C=O) groups is 1. The number of benzene rings is 1. The van der Waals surface area contributed by atoms with Gasteiger partial charge >= 0.3 is 5.63 Å². The van der Waals surface area contributed by atoms with Gasteiger partial charge in [0.25, 0.3) is 5.56 Å². The van der Waals surface area contributed by atoms with Crippen molar-refractivity contribution < 1.29 is 13.9 Å². The Morgan fingerprint density at radius 2 is 1.97 bits per heavy atom. The quantitative estimate of drug-likeness (QED) is 0.641. The molecule has 0 unspecified atom stereocenters. The number of para-hydroxylation sites is 1. The first-order valence-corrected chi connectivity index (χ1v) is 10.00. The van der Waals surface area contributed by atoms with Gasteiger partial charge in [0.1, 0.15) is 17.6 Å². The zero-order chi connectivity index (χ0) is 21.1. The topological polar surface area (TPSA) is 94.6 Å². The highest BCUT2D eigenvalue weighted by Crippen LogP contribution is 2.19. The fourth-order valence-electron chi connectivity index (χ4n) is 3.70. The molecule has 4 rings (SSSR count). The second kappa shape index (κ2) is 8.52. The number of hydrogen-bond acceptors (Lipinski definition) is 6. The van der Waals surface area contributed by atoms with Gasteiger partial charge < -0.3 is 14.1 Å². The standard InChI is InChI=1S/C22H23N3O5/c1-15-12-17(13-21(27)29-15)30-16-6-9-24(10-7-16)20(26)8-11-25-14-23-19-5-3-2-4-18(19)22(25)28/h2-5,12-14,16H,6-11H2,1H3. The Labute approximate surface area is 172 Å². The van der Waals surface area contributed by atoms with Crippen LogP contribution in [0.15, 0.2) is 56.7 Å². The number of amides is 1. The molecule has 1 amide bonds. The first kappa shape index (κ1) is 19.9. The van der Waals surface area contributed by atoms with Crippen LogP contribution in [0.2, 0.25) is 0 Å². The van der Waals surface area contributed by atoms with Gasteiger partial charge in [-0.15, -0.1) is 0 Å². The highest BCUT2D eigenvalue weighted by molar-refractivity contribution is 5.77. The van der Waals surface area contributed by atoms with E-state index in [-0.39, 0.29) is 24.0 Å². The van der Waals surface area contributed by atoms with E-state index in [1.165, 1.54) is 17.0 Å². The van der Waals surface area contributed by atoms with Gasteiger partial charge in [0.15, 0.2) is 0 Å². The summed E-state index contributed by atoms with van der Waals surface area (Å²) >= 11 is 0. The minimum atomic E-state index is -0.434. The summed E-state index contributed by atoms with van der Waals surface area (Å²) in [5.41, 5.74) is 0.0812. The average Bonchev–Trinajstić information content (AvgIpc) is 2.73. The average molecular weight is 409 g/mol. The Morgan fingerprint density at radius 1 is 1.20 bits per heavy atom. The maximum Gasteiger partial charge on any atom is 0.339 e. The number of aromatic nitrogens is 2. The summed E-state index contributed by atoms with van der Waals surface area (Å²) in [5.74, 6) is 1.00. The van der Waals surface area contributed by atoms with Gasteiger partial charge in [-0.25, -0.2) is 9.78 Å². The van der Waals surface area contributed by atoms with Crippen LogP contribution in [0.25, 0.3) is 10.9 Å². The van der Waals surface area contributed by atoms with Crippen molar-refractivity contribution in [2.45, 2.75) is 38.8 Å². The molecule has 0 radical (unpaired) electrons. The predicted octanol–water partition coefficient (Wildman–Crippen LogP) is 2.12. The van der Waals surface area contributed by atoms with Crippen LogP contribution in [0.4, 0.5) is 0 Å². The molecule has 3 aromatic rings. The summed E-state index contributed by atoms with van der Waals surface area (Å²) in [6.45, 7) is 3.15. The van der Waals surface area contributed by atoms with E-state index in [4.69, 9.17) is 9.15 Å². The van der Waals surface area contributed by atoms with Gasteiger partial charge in [-0.3, -0.25) is 14.2 Å². The zero-order valence-corrected chi connectivity index (χ0v) is 16.7. The Balaban J connectivity index is 1.31. The Hall–Kier alpha value is -3.42. The van der Waals surface area contributed by atoms with Crippen molar-refractivity contribution in [3.05, 3.63) is 69.3 Å². The third-order valence-corrected chi connectivity index (χ3v) is 5.26. The number of ether oxygens (including phenoxy) is 1. The Morgan fingerprint density at radius 3 is 2.73 bits per heavy atom. The van der Waals surface area contributed by atoms with Crippen molar-refractivity contribution in [2.75, 3.05) is 13.1 Å². The summed E-state index contributed by atoms with van der Waals surface area (Å²) in [4.78, 5) is 42.7. The summed E-state index contributed by atoms with van der Waals surface area (Å²) in [7, 11) is 0. The molecule has 1 aromatic carbocycles. The van der Waals surface area contributed by atoms with Gasteiger partial charge in [0, 0.05) is 45.0 Å². The number of piperidine rings is 1. The van der Waals surface area contributed by atoms with Crippen molar-refractivity contribution >= 4 is 16.8 Å². The summed E-state index contributed by atoms with van der Waals surface area (Å²) in [6, 6.07) is 10.2. The maximum atomic E-state index is 12.6. The number of aryl methyl sites for hydroxylation is 2. The lowest BCUT2D eigenvalue weighted by Gasteiger charge is -2.32. The lowest BCUT2D eigenvalue weighted by Crippen LogP contribution is -2.42. The van der Waals surface area contributed by atoms with E-state index >= 15 is 0 Å². The molecule has 8 heteroatoms. The first-order chi connectivity index (χ1) is 14.5. The number of nitrogens with zero attached hydrogens (tertiary/aromatic N) is 3. The van der Waals surface area contributed by atoms with Crippen molar-refractivity contribution in [3.63, 3.8) is 0 Å². The molecule has 0 aliphatic carbocycles. The Bertz CT molecular complexity index is 1180. The van der Waals surface area contributed by atoms with Gasteiger partial charge in [-0.1, -0.05) is 12.1 Å². The molecule has 0 N–H and O–H groups in total. The van der Waals surface area contributed by atoms with Gasteiger partial charge in [-0.05, 0) is 19.1 Å². The van der Waals surface area contributed by atoms with Crippen molar-refractivity contribution in [1.82, 2.24) is 14.5 Å². The smallest absolute Gasteiger partial charge is 0.339 e. The lowest BCUT2D eigenvalue weighted by molar-refractivity contribution is -0.133. The summed E-state index contributed by atoms with van der Waals surface area (Å²) in [5, 5.41) is 0.551. The van der Waals surface area contributed by atoms with E-state index in [9.17, 15) is 14.4 Å². The summed E-state index contributed by atoms with van der Waals surface area (Å²) in [6.07, 6.45) is 3.05. The molecule has 1 aliphatic heterocycles.